The van der Waals surface area contributed by atoms with Gasteiger partial charge in [-0.3, -0.25) is 0 Å². The van der Waals surface area contributed by atoms with E-state index in [0.29, 0.717) is 11.2 Å². The number of nitrogens with one attached hydrogen (secondary N) is 1. The quantitative estimate of drug-likeness (QED) is 0.869. The number of hydrogen-bond donors (Lipinski definition) is 1. The number of thiazole rings is 1. The minimum atomic E-state index is 0.616. The molecule has 82 valence electrons. The van der Waals surface area contributed by atoms with Crippen LogP contribution in [0, 0.1) is 11.8 Å². The summed E-state index contributed by atoms with van der Waals surface area (Å²) in [5.74, 6) is 1.79. The van der Waals surface area contributed by atoms with Crippen molar-refractivity contribution in [2.45, 2.75) is 38.1 Å². The Morgan fingerprint density at radius 2 is 2.07 bits per heavy atom. The van der Waals surface area contributed by atoms with Gasteiger partial charge in [0, 0.05) is 11.4 Å². The van der Waals surface area contributed by atoms with Crippen LogP contribution >= 0.6 is 22.9 Å². The van der Waals surface area contributed by atoms with Gasteiger partial charge in [0.05, 0.1) is 0 Å². The van der Waals surface area contributed by atoms with Crippen LogP contribution in [0.15, 0.2) is 5.38 Å². The second-order valence-electron chi connectivity index (χ2n) is 4.67. The SMILES string of the molecule is Clc1csc(NC(C2CCC2)C2CC2)n1. The first-order valence-corrected chi connectivity index (χ1v) is 6.96. The third-order valence-electron chi connectivity index (χ3n) is 3.55. The molecule has 2 nitrogen and oxygen atoms in total. The molecule has 1 aromatic rings. The Kier molecular flexibility index (Phi) is 2.61. The third kappa shape index (κ3) is 2.13. The molecule has 2 aliphatic carbocycles. The predicted octanol–water partition coefficient (Wildman–Crippen LogP) is 3.79. The van der Waals surface area contributed by atoms with Crippen LogP contribution in [-0.4, -0.2) is 11.0 Å². The van der Waals surface area contributed by atoms with Gasteiger partial charge in [-0.2, -0.15) is 0 Å². The van der Waals surface area contributed by atoms with E-state index in [4.69, 9.17) is 11.6 Å². The van der Waals surface area contributed by atoms with Crippen LogP contribution in [0.2, 0.25) is 5.15 Å². The number of halogens is 1. The molecule has 1 unspecified atom stereocenters. The van der Waals surface area contributed by atoms with Crippen molar-refractivity contribution in [3.8, 4) is 0 Å². The Balaban J connectivity index is 1.67. The van der Waals surface area contributed by atoms with Crippen molar-refractivity contribution in [2.75, 3.05) is 5.32 Å². The molecule has 1 aromatic heterocycles. The van der Waals surface area contributed by atoms with Gasteiger partial charge >= 0.3 is 0 Å². The molecule has 0 bridgehead atoms. The van der Waals surface area contributed by atoms with Gasteiger partial charge in [0.1, 0.15) is 5.15 Å². The first-order chi connectivity index (χ1) is 7.33. The van der Waals surface area contributed by atoms with Crippen molar-refractivity contribution in [1.29, 1.82) is 0 Å². The lowest BCUT2D eigenvalue weighted by Crippen LogP contribution is -2.35. The molecule has 1 atom stereocenters. The Hall–Kier alpha value is -0.280. The van der Waals surface area contributed by atoms with Gasteiger partial charge in [0.15, 0.2) is 5.13 Å². The van der Waals surface area contributed by atoms with Gasteiger partial charge in [-0.25, -0.2) is 4.98 Å². The highest BCUT2D eigenvalue weighted by Crippen LogP contribution is 2.44. The van der Waals surface area contributed by atoms with Crippen molar-refractivity contribution in [1.82, 2.24) is 4.98 Å². The number of anilines is 1. The second kappa shape index (κ2) is 3.95. The molecule has 1 heterocycles. The average molecular weight is 243 g/mol. The van der Waals surface area contributed by atoms with E-state index in [0.717, 1.165) is 17.0 Å². The zero-order valence-electron chi connectivity index (χ0n) is 8.58. The molecule has 2 saturated carbocycles. The second-order valence-corrected chi connectivity index (χ2v) is 5.92. The zero-order valence-corrected chi connectivity index (χ0v) is 10.2. The fourth-order valence-corrected chi connectivity index (χ4v) is 3.22. The molecule has 0 saturated heterocycles. The first-order valence-electron chi connectivity index (χ1n) is 5.70. The molecule has 4 heteroatoms. The molecule has 15 heavy (non-hydrogen) atoms. The first kappa shape index (κ1) is 9.91. The zero-order chi connectivity index (χ0) is 10.3. The van der Waals surface area contributed by atoms with E-state index in [-0.39, 0.29) is 0 Å². The Labute approximate surface area is 99.1 Å². The molecular formula is C11H15ClN2S. The number of aromatic nitrogens is 1. The minimum Gasteiger partial charge on any atom is -0.358 e. The lowest BCUT2D eigenvalue weighted by atomic mass is 9.78. The van der Waals surface area contributed by atoms with Gasteiger partial charge in [0.25, 0.3) is 0 Å². The monoisotopic (exact) mass is 242 g/mol. The van der Waals surface area contributed by atoms with Crippen molar-refractivity contribution >= 4 is 28.1 Å². The maximum atomic E-state index is 5.83. The fraction of sp³-hybridized carbons (Fsp3) is 0.727. The summed E-state index contributed by atoms with van der Waals surface area (Å²) < 4.78 is 0. The topological polar surface area (TPSA) is 24.9 Å². The van der Waals surface area contributed by atoms with Crippen LogP contribution in [0.1, 0.15) is 32.1 Å². The molecule has 0 amide bonds. The molecule has 0 spiro atoms. The van der Waals surface area contributed by atoms with E-state index >= 15 is 0 Å². The van der Waals surface area contributed by atoms with E-state index in [2.05, 4.69) is 10.3 Å². The van der Waals surface area contributed by atoms with Crippen molar-refractivity contribution in [3.05, 3.63) is 10.5 Å². The maximum absolute atomic E-state index is 5.83. The van der Waals surface area contributed by atoms with Crippen LogP contribution in [0.4, 0.5) is 5.13 Å². The number of rotatable bonds is 4. The number of hydrogen-bond acceptors (Lipinski definition) is 3. The Bertz CT molecular complexity index is 344. The van der Waals surface area contributed by atoms with E-state index in [1.165, 1.54) is 32.1 Å². The van der Waals surface area contributed by atoms with Crippen molar-refractivity contribution in [3.63, 3.8) is 0 Å². The van der Waals surface area contributed by atoms with E-state index in [1.54, 1.807) is 11.3 Å². The van der Waals surface area contributed by atoms with Gasteiger partial charge in [-0.1, -0.05) is 18.0 Å². The molecular weight excluding hydrogens is 228 g/mol. The standard InChI is InChI=1S/C11H15ClN2S/c12-9-6-15-11(13-9)14-10(8-4-5-8)7-2-1-3-7/h6-8,10H,1-5H2,(H,13,14). The van der Waals surface area contributed by atoms with Crippen LogP contribution < -0.4 is 5.32 Å². The Morgan fingerprint density at radius 1 is 1.33 bits per heavy atom. The number of nitrogens with zero attached hydrogens (tertiary/aromatic N) is 1. The van der Waals surface area contributed by atoms with Gasteiger partial charge in [-0.05, 0) is 37.5 Å². The summed E-state index contributed by atoms with van der Waals surface area (Å²) in [6, 6.07) is 0.668. The summed E-state index contributed by atoms with van der Waals surface area (Å²) in [7, 11) is 0. The van der Waals surface area contributed by atoms with Crippen molar-refractivity contribution < 1.29 is 0 Å². The smallest absolute Gasteiger partial charge is 0.184 e. The van der Waals surface area contributed by atoms with Crippen LogP contribution in [0.3, 0.4) is 0 Å². The summed E-state index contributed by atoms with van der Waals surface area (Å²) in [4.78, 5) is 4.27. The molecule has 2 fully saturated rings. The summed E-state index contributed by atoms with van der Waals surface area (Å²) in [5, 5.41) is 7.10. The summed E-state index contributed by atoms with van der Waals surface area (Å²) in [6.45, 7) is 0. The molecule has 3 rings (SSSR count). The van der Waals surface area contributed by atoms with Gasteiger partial charge < -0.3 is 5.32 Å². The van der Waals surface area contributed by atoms with Crippen LogP contribution in [-0.2, 0) is 0 Å². The maximum Gasteiger partial charge on any atom is 0.184 e. The molecule has 0 radical (unpaired) electrons. The van der Waals surface area contributed by atoms with Crippen molar-refractivity contribution in [2.24, 2.45) is 11.8 Å². The van der Waals surface area contributed by atoms with E-state index in [1.807, 2.05) is 5.38 Å². The van der Waals surface area contributed by atoms with Gasteiger partial charge in [-0.15, -0.1) is 11.3 Å². The molecule has 0 aromatic carbocycles. The van der Waals surface area contributed by atoms with E-state index < -0.39 is 0 Å². The van der Waals surface area contributed by atoms with Crippen LogP contribution in [0.25, 0.3) is 0 Å². The normalized spacial score (nSPS) is 23.5. The third-order valence-corrected chi connectivity index (χ3v) is 4.65. The fourth-order valence-electron chi connectivity index (χ4n) is 2.34. The summed E-state index contributed by atoms with van der Waals surface area (Å²) in [5.41, 5.74) is 0. The summed E-state index contributed by atoms with van der Waals surface area (Å²) in [6.07, 6.45) is 7.00. The molecule has 1 N–H and O–H groups in total. The highest BCUT2D eigenvalue weighted by molar-refractivity contribution is 7.14. The minimum absolute atomic E-state index is 0.616. The Morgan fingerprint density at radius 3 is 2.53 bits per heavy atom. The lowest BCUT2D eigenvalue weighted by Gasteiger charge is -2.34. The lowest BCUT2D eigenvalue weighted by molar-refractivity contribution is 0.258. The van der Waals surface area contributed by atoms with Crippen LogP contribution in [0.5, 0.6) is 0 Å². The molecule has 0 aliphatic heterocycles. The van der Waals surface area contributed by atoms with E-state index in [9.17, 15) is 0 Å². The highest BCUT2D eigenvalue weighted by Gasteiger charge is 2.39. The van der Waals surface area contributed by atoms with Gasteiger partial charge in [0.2, 0.25) is 0 Å². The molecule has 2 aliphatic rings. The predicted molar refractivity (Wildman–Crippen MR) is 64.6 cm³/mol. The highest BCUT2D eigenvalue weighted by atomic mass is 35.5. The largest absolute Gasteiger partial charge is 0.358 e. The summed E-state index contributed by atoms with van der Waals surface area (Å²) >= 11 is 7.45. The average Bonchev–Trinajstić information content (AvgIpc) is 2.88.